The van der Waals surface area contributed by atoms with Crippen molar-refractivity contribution in [2.24, 2.45) is 5.92 Å². The lowest BCUT2D eigenvalue weighted by atomic mass is 9.98. The molecule has 2 aromatic rings. The van der Waals surface area contributed by atoms with Crippen LogP contribution in [0.2, 0.25) is 0 Å². The summed E-state index contributed by atoms with van der Waals surface area (Å²) in [7, 11) is -3.29. The summed E-state index contributed by atoms with van der Waals surface area (Å²) in [5.41, 5.74) is 1.48. The summed E-state index contributed by atoms with van der Waals surface area (Å²) in [6.45, 7) is 2.98. The fourth-order valence-corrected chi connectivity index (χ4v) is 6.65. The van der Waals surface area contributed by atoms with E-state index >= 15 is 0 Å². The molecular formula is C21H25FN4O3S3. The lowest BCUT2D eigenvalue weighted by Crippen LogP contribution is -2.46. The maximum absolute atomic E-state index is 13.2. The van der Waals surface area contributed by atoms with Crippen LogP contribution >= 0.6 is 23.1 Å². The molecule has 0 aliphatic carbocycles. The Morgan fingerprint density at radius 1 is 1.31 bits per heavy atom. The Kier molecular flexibility index (Phi) is 7.18. The van der Waals surface area contributed by atoms with Crippen molar-refractivity contribution in [2.75, 3.05) is 36.5 Å². The number of carbonyl (C=O) groups is 1. The van der Waals surface area contributed by atoms with Crippen LogP contribution in [-0.4, -0.2) is 59.7 Å². The molecule has 2 saturated heterocycles. The zero-order valence-electron chi connectivity index (χ0n) is 17.7. The van der Waals surface area contributed by atoms with E-state index in [0.717, 1.165) is 22.2 Å². The number of nitrogens with zero attached hydrogens (tertiary/aromatic N) is 3. The van der Waals surface area contributed by atoms with E-state index in [9.17, 15) is 17.6 Å². The number of hydrogen-bond acceptors (Lipinski definition) is 7. The van der Waals surface area contributed by atoms with Gasteiger partial charge in [-0.3, -0.25) is 4.79 Å². The lowest BCUT2D eigenvalue weighted by molar-refractivity contribution is -0.133. The number of carbonyl (C=O) groups excluding carboxylic acids is 1. The highest BCUT2D eigenvalue weighted by molar-refractivity contribution is 8.03. The maximum Gasteiger partial charge on any atom is 0.231 e. The number of sulfonamides is 1. The van der Waals surface area contributed by atoms with Crippen LogP contribution in [0.15, 0.2) is 34.7 Å². The predicted molar refractivity (Wildman–Crippen MR) is 128 cm³/mol. The van der Waals surface area contributed by atoms with Gasteiger partial charge in [-0.25, -0.2) is 22.1 Å². The van der Waals surface area contributed by atoms with Crippen LogP contribution in [0.25, 0.3) is 6.08 Å². The Morgan fingerprint density at radius 3 is 2.84 bits per heavy atom. The van der Waals surface area contributed by atoms with Crippen molar-refractivity contribution in [3.8, 4) is 0 Å². The Hall–Kier alpha value is -1.95. The van der Waals surface area contributed by atoms with Crippen LogP contribution in [-0.2, 0) is 14.8 Å². The summed E-state index contributed by atoms with van der Waals surface area (Å²) in [6, 6.07) is 6.06. The Morgan fingerprint density at radius 2 is 2.09 bits per heavy atom. The second kappa shape index (κ2) is 9.90. The van der Waals surface area contributed by atoms with E-state index in [4.69, 9.17) is 0 Å². The lowest BCUT2D eigenvalue weighted by Gasteiger charge is -2.33. The van der Waals surface area contributed by atoms with Crippen LogP contribution in [0.1, 0.15) is 25.5 Å². The Bertz CT molecular complexity index is 1100. The molecule has 0 unspecified atom stereocenters. The smallest absolute Gasteiger partial charge is 0.231 e. The molecule has 1 aromatic heterocycles. The van der Waals surface area contributed by atoms with Gasteiger partial charge in [0, 0.05) is 36.5 Å². The summed E-state index contributed by atoms with van der Waals surface area (Å²) >= 11 is 3.03. The number of halogens is 1. The van der Waals surface area contributed by atoms with Crippen LogP contribution in [0.5, 0.6) is 0 Å². The van der Waals surface area contributed by atoms with E-state index in [1.165, 1.54) is 27.8 Å². The van der Waals surface area contributed by atoms with Crippen molar-refractivity contribution < 1.29 is 17.6 Å². The minimum Gasteiger partial charge on any atom is -0.332 e. The van der Waals surface area contributed by atoms with Crippen LogP contribution in [0.3, 0.4) is 0 Å². The largest absolute Gasteiger partial charge is 0.332 e. The predicted octanol–water partition coefficient (Wildman–Crippen LogP) is 3.96. The number of amides is 1. The summed E-state index contributed by atoms with van der Waals surface area (Å²) < 4.78 is 39.0. The van der Waals surface area contributed by atoms with Crippen molar-refractivity contribution >= 4 is 55.9 Å². The molecule has 172 valence electrons. The van der Waals surface area contributed by atoms with Gasteiger partial charge in [0.05, 0.1) is 22.4 Å². The van der Waals surface area contributed by atoms with Gasteiger partial charge in [-0.2, -0.15) is 0 Å². The van der Waals surface area contributed by atoms with Crippen molar-refractivity contribution in [1.29, 1.82) is 0 Å². The van der Waals surface area contributed by atoms with Gasteiger partial charge in [0.25, 0.3) is 0 Å². The minimum absolute atomic E-state index is 0.0165. The van der Waals surface area contributed by atoms with E-state index in [-0.39, 0.29) is 29.9 Å². The normalized spacial score (nSPS) is 21.2. The molecule has 2 fully saturated rings. The summed E-state index contributed by atoms with van der Waals surface area (Å²) in [6.07, 6.45) is 3.29. The second-order valence-electron chi connectivity index (χ2n) is 7.63. The highest BCUT2D eigenvalue weighted by Gasteiger charge is 2.36. The minimum atomic E-state index is -3.29. The van der Waals surface area contributed by atoms with Crippen LogP contribution in [0.4, 0.5) is 15.2 Å². The molecule has 0 bridgehead atoms. The van der Waals surface area contributed by atoms with E-state index in [1.54, 1.807) is 35.7 Å². The van der Waals surface area contributed by atoms with E-state index in [2.05, 4.69) is 10.3 Å². The summed E-state index contributed by atoms with van der Waals surface area (Å²) in [4.78, 5) is 19.5. The van der Waals surface area contributed by atoms with E-state index in [0.29, 0.717) is 31.1 Å². The molecule has 11 heteroatoms. The zero-order chi connectivity index (χ0) is 22.7. The first-order chi connectivity index (χ1) is 15.4. The quantitative estimate of drug-likeness (QED) is 0.652. The van der Waals surface area contributed by atoms with Gasteiger partial charge in [0.15, 0.2) is 5.13 Å². The summed E-state index contributed by atoms with van der Waals surface area (Å²) in [5.74, 6) is 0.218. The number of rotatable bonds is 6. The van der Waals surface area contributed by atoms with Crippen LogP contribution < -0.4 is 5.32 Å². The molecule has 4 rings (SSSR count). The third kappa shape index (κ3) is 5.33. The molecule has 7 nitrogen and oxygen atoms in total. The van der Waals surface area contributed by atoms with Gasteiger partial charge >= 0.3 is 0 Å². The zero-order valence-corrected chi connectivity index (χ0v) is 20.1. The number of thioether (sulfide) groups is 1. The van der Waals surface area contributed by atoms with Crippen molar-refractivity contribution in [2.45, 2.75) is 19.8 Å². The molecule has 2 aliphatic heterocycles. The molecule has 3 heterocycles. The van der Waals surface area contributed by atoms with Crippen molar-refractivity contribution in [1.82, 2.24) is 14.2 Å². The van der Waals surface area contributed by atoms with Gasteiger partial charge < -0.3 is 10.2 Å². The fourth-order valence-electron chi connectivity index (χ4n) is 3.76. The first kappa shape index (κ1) is 23.2. The van der Waals surface area contributed by atoms with Crippen molar-refractivity contribution in [3.63, 3.8) is 0 Å². The Balaban J connectivity index is 1.44. The highest BCUT2D eigenvalue weighted by Crippen LogP contribution is 2.34. The van der Waals surface area contributed by atoms with Gasteiger partial charge in [0.1, 0.15) is 5.82 Å². The SMILES string of the molecule is CCS(=O)(=O)N1CCC[C@H](C(=O)N2CCS/C2=C/c2csc(Nc3ccc(F)cc3)n2)C1. The van der Waals surface area contributed by atoms with Gasteiger partial charge in [-0.1, -0.05) is 0 Å². The monoisotopic (exact) mass is 496 g/mol. The number of benzene rings is 1. The first-order valence-corrected chi connectivity index (χ1v) is 13.9. The molecule has 2 aliphatic rings. The molecule has 1 aromatic carbocycles. The second-order valence-corrected chi connectivity index (χ2v) is 11.9. The van der Waals surface area contributed by atoms with E-state index in [1.807, 2.05) is 11.5 Å². The highest BCUT2D eigenvalue weighted by atomic mass is 32.2. The van der Waals surface area contributed by atoms with Gasteiger partial charge in [0.2, 0.25) is 15.9 Å². The molecule has 0 radical (unpaired) electrons. The topological polar surface area (TPSA) is 82.6 Å². The molecule has 32 heavy (non-hydrogen) atoms. The number of aromatic nitrogens is 1. The molecule has 1 atom stereocenters. The molecule has 0 spiro atoms. The summed E-state index contributed by atoms with van der Waals surface area (Å²) in [5, 5.41) is 6.56. The number of piperidine rings is 1. The number of thiazole rings is 1. The van der Waals surface area contributed by atoms with Crippen molar-refractivity contribution in [3.05, 3.63) is 46.2 Å². The number of nitrogens with one attached hydrogen (secondary N) is 1. The average Bonchev–Trinajstić information content (AvgIpc) is 3.44. The standard InChI is InChI=1S/C21H25FN4O3S3/c1-2-32(28,29)25-9-3-4-15(13-25)20(27)26-10-11-30-19(26)12-18-14-31-21(24-18)23-17-7-5-16(22)6-8-17/h5-8,12,14-15H,2-4,9-11,13H2,1H3,(H,23,24)/b19-12+/t15-/m0/s1. The molecular weight excluding hydrogens is 471 g/mol. The molecule has 1 N–H and O–H groups in total. The first-order valence-electron chi connectivity index (χ1n) is 10.5. The van der Waals surface area contributed by atoms with E-state index < -0.39 is 10.0 Å². The number of anilines is 2. The third-order valence-corrected chi connectivity index (χ3v) is 9.12. The average molecular weight is 497 g/mol. The fraction of sp³-hybridized carbons (Fsp3) is 0.429. The van der Waals surface area contributed by atoms with Gasteiger partial charge in [-0.05, 0) is 50.1 Å². The van der Waals surface area contributed by atoms with Crippen LogP contribution in [0, 0.1) is 11.7 Å². The van der Waals surface area contributed by atoms with Gasteiger partial charge in [-0.15, -0.1) is 23.1 Å². The third-order valence-electron chi connectivity index (χ3n) is 5.48. The Labute approximate surface area is 195 Å². The molecule has 1 amide bonds. The molecule has 0 saturated carbocycles. The number of hydrogen-bond donors (Lipinski definition) is 1. The maximum atomic E-state index is 13.2.